The third-order valence-electron chi connectivity index (χ3n) is 4.08. The van der Waals surface area contributed by atoms with Gasteiger partial charge in [0.25, 0.3) is 0 Å². The molecule has 1 atom stereocenters. The Morgan fingerprint density at radius 1 is 1.29 bits per heavy atom. The van der Waals surface area contributed by atoms with Crippen molar-refractivity contribution in [1.82, 2.24) is 9.80 Å². The Balaban J connectivity index is 2.07. The standard InChI is InChI=1S/C16H22Cl2N2O/c1-3-13-10-19(2)7-4-8-20(13)11-16(21)12-5-6-14(17)15(18)9-12/h5-6,9,13H,3-4,7-8,10-11H2,1-2H3. The van der Waals surface area contributed by atoms with Gasteiger partial charge in [0.05, 0.1) is 16.6 Å². The van der Waals surface area contributed by atoms with E-state index in [0.717, 1.165) is 32.5 Å². The lowest BCUT2D eigenvalue weighted by Gasteiger charge is -2.29. The van der Waals surface area contributed by atoms with Crippen LogP contribution in [0.4, 0.5) is 0 Å². The highest BCUT2D eigenvalue weighted by Crippen LogP contribution is 2.23. The van der Waals surface area contributed by atoms with E-state index in [1.54, 1.807) is 18.2 Å². The Hall–Kier alpha value is -0.610. The molecule has 0 radical (unpaired) electrons. The summed E-state index contributed by atoms with van der Waals surface area (Å²) in [5.41, 5.74) is 0.636. The Bertz CT molecular complexity index is 507. The molecule has 1 unspecified atom stereocenters. The maximum Gasteiger partial charge on any atom is 0.176 e. The number of hydrogen-bond acceptors (Lipinski definition) is 3. The summed E-state index contributed by atoms with van der Waals surface area (Å²) >= 11 is 11.9. The summed E-state index contributed by atoms with van der Waals surface area (Å²) in [4.78, 5) is 17.1. The number of benzene rings is 1. The van der Waals surface area contributed by atoms with E-state index < -0.39 is 0 Å². The molecule has 1 aromatic rings. The van der Waals surface area contributed by atoms with Crippen molar-refractivity contribution in [2.75, 3.05) is 33.2 Å². The van der Waals surface area contributed by atoms with Gasteiger partial charge in [-0.3, -0.25) is 9.69 Å². The van der Waals surface area contributed by atoms with E-state index in [2.05, 4.69) is 23.8 Å². The minimum absolute atomic E-state index is 0.108. The number of hydrogen-bond donors (Lipinski definition) is 0. The third-order valence-corrected chi connectivity index (χ3v) is 4.82. The first-order valence-electron chi connectivity index (χ1n) is 7.42. The normalized spacial score (nSPS) is 21.2. The van der Waals surface area contributed by atoms with Gasteiger partial charge in [0, 0.05) is 24.7 Å². The minimum Gasteiger partial charge on any atom is -0.305 e. The van der Waals surface area contributed by atoms with Crippen molar-refractivity contribution in [3.05, 3.63) is 33.8 Å². The average molecular weight is 329 g/mol. The Morgan fingerprint density at radius 3 is 2.71 bits per heavy atom. The van der Waals surface area contributed by atoms with E-state index in [1.807, 2.05) is 0 Å². The Kier molecular flexibility index (Phi) is 6.06. The third kappa shape index (κ3) is 4.43. The molecule has 5 heteroatoms. The van der Waals surface area contributed by atoms with E-state index >= 15 is 0 Å². The maximum absolute atomic E-state index is 12.5. The lowest BCUT2D eigenvalue weighted by molar-refractivity contribution is 0.0888. The molecule has 0 aliphatic carbocycles. The molecule has 0 N–H and O–H groups in total. The van der Waals surface area contributed by atoms with Gasteiger partial charge in [-0.25, -0.2) is 0 Å². The number of halogens is 2. The number of carbonyl (C=O) groups is 1. The fraction of sp³-hybridized carbons (Fsp3) is 0.562. The number of nitrogens with zero attached hydrogens (tertiary/aromatic N) is 2. The van der Waals surface area contributed by atoms with Crippen molar-refractivity contribution in [2.24, 2.45) is 0 Å². The van der Waals surface area contributed by atoms with E-state index in [1.165, 1.54) is 0 Å². The Labute approximate surface area is 136 Å². The molecule has 0 aromatic heterocycles. The molecular formula is C16H22Cl2N2O. The minimum atomic E-state index is 0.108. The highest BCUT2D eigenvalue weighted by molar-refractivity contribution is 6.42. The van der Waals surface area contributed by atoms with Gasteiger partial charge in [-0.1, -0.05) is 30.1 Å². The highest BCUT2D eigenvalue weighted by Gasteiger charge is 2.24. The van der Waals surface area contributed by atoms with Crippen LogP contribution in [-0.2, 0) is 0 Å². The largest absolute Gasteiger partial charge is 0.305 e. The number of rotatable bonds is 4. The lowest BCUT2D eigenvalue weighted by atomic mass is 10.1. The smallest absolute Gasteiger partial charge is 0.176 e. The van der Waals surface area contributed by atoms with Crippen LogP contribution < -0.4 is 0 Å². The fourth-order valence-corrected chi connectivity index (χ4v) is 3.13. The van der Waals surface area contributed by atoms with Gasteiger partial charge in [0.2, 0.25) is 0 Å². The van der Waals surface area contributed by atoms with E-state index in [4.69, 9.17) is 23.2 Å². The topological polar surface area (TPSA) is 23.6 Å². The molecule has 2 rings (SSSR count). The molecule has 0 spiro atoms. The predicted octanol–water partition coefficient (Wildman–Crippen LogP) is 3.59. The molecule has 1 aromatic carbocycles. The van der Waals surface area contributed by atoms with Crippen molar-refractivity contribution in [3.8, 4) is 0 Å². The number of ketones is 1. The summed E-state index contributed by atoms with van der Waals surface area (Å²) in [6, 6.07) is 5.53. The van der Waals surface area contributed by atoms with Crippen LogP contribution in [-0.4, -0.2) is 54.9 Å². The quantitative estimate of drug-likeness (QED) is 0.789. The van der Waals surface area contributed by atoms with E-state index in [-0.39, 0.29) is 5.78 Å². The summed E-state index contributed by atoms with van der Waals surface area (Å²) < 4.78 is 0. The van der Waals surface area contributed by atoms with Crippen LogP contribution in [0.5, 0.6) is 0 Å². The van der Waals surface area contributed by atoms with Crippen molar-refractivity contribution in [3.63, 3.8) is 0 Å². The van der Waals surface area contributed by atoms with Gasteiger partial charge < -0.3 is 4.90 Å². The average Bonchev–Trinajstić information content (AvgIpc) is 2.63. The summed E-state index contributed by atoms with van der Waals surface area (Å²) in [5.74, 6) is 0.108. The van der Waals surface area contributed by atoms with Gasteiger partial charge in [-0.15, -0.1) is 0 Å². The molecule has 1 aliphatic heterocycles. The van der Waals surface area contributed by atoms with Gasteiger partial charge in [-0.05, 0) is 44.6 Å². The predicted molar refractivity (Wildman–Crippen MR) is 88.6 cm³/mol. The van der Waals surface area contributed by atoms with Crippen LogP contribution >= 0.6 is 23.2 Å². The second-order valence-corrected chi connectivity index (χ2v) is 6.51. The summed E-state index contributed by atoms with van der Waals surface area (Å²) in [6.45, 7) is 5.71. The van der Waals surface area contributed by atoms with Crippen molar-refractivity contribution < 1.29 is 4.79 Å². The fourth-order valence-electron chi connectivity index (χ4n) is 2.83. The second kappa shape index (κ2) is 7.59. The van der Waals surface area contributed by atoms with Crippen molar-refractivity contribution in [1.29, 1.82) is 0 Å². The number of likely N-dealkylation sites (N-methyl/N-ethyl adjacent to an activating group) is 1. The van der Waals surface area contributed by atoms with E-state index in [9.17, 15) is 4.79 Å². The van der Waals surface area contributed by atoms with Gasteiger partial charge in [0.15, 0.2) is 5.78 Å². The number of carbonyl (C=O) groups excluding carboxylic acids is 1. The monoisotopic (exact) mass is 328 g/mol. The summed E-state index contributed by atoms with van der Waals surface area (Å²) in [7, 11) is 2.15. The maximum atomic E-state index is 12.5. The molecule has 1 saturated heterocycles. The van der Waals surface area contributed by atoms with Crippen LogP contribution in [0.15, 0.2) is 18.2 Å². The molecule has 0 amide bonds. The highest BCUT2D eigenvalue weighted by atomic mass is 35.5. The molecule has 0 bridgehead atoms. The molecule has 116 valence electrons. The van der Waals surface area contributed by atoms with E-state index in [0.29, 0.717) is 28.2 Å². The van der Waals surface area contributed by atoms with Gasteiger partial charge >= 0.3 is 0 Å². The molecule has 1 heterocycles. The molecular weight excluding hydrogens is 307 g/mol. The van der Waals surface area contributed by atoms with Crippen LogP contribution in [0.2, 0.25) is 10.0 Å². The van der Waals surface area contributed by atoms with Crippen LogP contribution in [0.25, 0.3) is 0 Å². The summed E-state index contributed by atoms with van der Waals surface area (Å²) in [5, 5.41) is 0.918. The molecule has 1 aliphatic rings. The first-order chi connectivity index (χ1) is 10.0. The van der Waals surface area contributed by atoms with Crippen molar-refractivity contribution in [2.45, 2.75) is 25.8 Å². The first-order valence-corrected chi connectivity index (χ1v) is 8.17. The van der Waals surface area contributed by atoms with Crippen LogP contribution in [0.1, 0.15) is 30.1 Å². The van der Waals surface area contributed by atoms with Crippen molar-refractivity contribution >= 4 is 29.0 Å². The SMILES string of the molecule is CCC1CN(C)CCCN1CC(=O)c1ccc(Cl)c(Cl)c1. The molecule has 3 nitrogen and oxygen atoms in total. The lowest BCUT2D eigenvalue weighted by Crippen LogP contribution is -2.42. The van der Waals surface area contributed by atoms with Crippen LogP contribution in [0.3, 0.4) is 0 Å². The van der Waals surface area contributed by atoms with Crippen LogP contribution in [0, 0.1) is 0 Å². The number of Topliss-reactive ketones (excluding diaryl/α,β-unsaturated/α-hetero) is 1. The Morgan fingerprint density at radius 2 is 2.05 bits per heavy atom. The summed E-state index contributed by atoms with van der Waals surface area (Å²) in [6.07, 6.45) is 2.15. The zero-order valence-corrected chi connectivity index (χ0v) is 14.1. The molecule has 1 fully saturated rings. The second-order valence-electron chi connectivity index (χ2n) is 5.70. The first kappa shape index (κ1) is 16.8. The zero-order valence-electron chi connectivity index (χ0n) is 12.6. The van der Waals surface area contributed by atoms with Gasteiger partial charge in [0.1, 0.15) is 0 Å². The van der Waals surface area contributed by atoms with Gasteiger partial charge in [-0.2, -0.15) is 0 Å². The zero-order chi connectivity index (χ0) is 15.4. The molecule has 21 heavy (non-hydrogen) atoms. The molecule has 0 saturated carbocycles.